The van der Waals surface area contributed by atoms with E-state index in [2.05, 4.69) is 9.47 Å². The van der Waals surface area contributed by atoms with Gasteiger partial charge in [0.05, 0.1) is 12.7 Å². The number of nitrogens with zero attached hydrogens (tertiary/aromatic N) is 1. The van der Waals surface area contributed by atoms with Crippen LogP contribution >= 0.6 is 0 Å². The molecule has 0 N–H and O–H groups in total. The Morgan fingerprint density at radius 2 is 2.00 bits per heavy atom. The fraction of sp³-hybridized carbons (Fsp3) is 0.200. The van der Waals surface area contributed by atoms with E-state index in [1.165, 1.54) is 6.07 Å². The fourth-order valence-corrected chi connectivity index (χ4v) is 1.15. The zero-order valence-electron chi connectivity index (χ0n) is 8.84. The van der Waals surface area contributed by atoms with Gasteiger partial charge in [-0.05, 0) is 12.1 Å². The molecular formula is C10H5F4NO3. The van der Waals surface area contributed by atoms with Crippen LogP contribution in [-0.4, -0.2) is 19.4 Å². The molecule has 0 saturated carbocycles. The van der Waals surface area contributed by atoms with Crippen LogP contribution in [0.3, 0.4) is 0 Å². The highest BCUT2D eigenvalue weighted by Gasteiger charge is 2.33. The highest BCUT2D eigenvalue weighted by Crippen LogP contribution is 2.29. The average Bonchev–Trinajstić information content (AvgIpc) is 2.28. The number of hydrogen-bond donors (Lipinski definition) is 0. The van der Waals surface area contributed by atoms with E-state index in [1.807, 2.05) is 0 Å². The number of ether oxygens (including phenoxy) is 2. The number of alkyl halides is 3. The number of carbonyl (C=O) groups excluding carboxylic acids is 1. The number of esters is 1. The first-order valence-corrected chi connectivity index (χ1v) is 4.36. The predicted molar refractivity (Wildman–Crippen MR) is 49.1 cm³/mol. The Bertz CT molecular complexity index is 519. The van der Waals surface area contributed by atoms with Crippen molar-refractivity contribution >= 4 is 5.97 Å². The lowest BCUT2D eigenvalue weighted by molar-refractivity contribution is -0.275. The van der Waals surface area contributed by atoms with E-state index in [0.717, 1.165) is 13.2 Å². The first-order valence-electron chi connectivity index (χ1n) is 4.36. The maximum absolute atomic E-state index is 13.5. The molecule has 18 heavy (non-hydrogen) atoms. The predicted octanol–water partition coefficient (Wildman–Crippen LogP) is 2.38. The lowest BCUT2D eigenvalue weighted by Crippen LogP contribution is -2.19. The van der Waals surface area contributed by atoms with Gasteiger partial charge in [-0.3, -0.25) is 0 Å². The summed E-state index contributed by atoms with van der Waals surface area (Å²) in [4.78, 5) is 11.1. The van der Waals surface area contributed by atoms with Crippen LogP contribution in [-0.2, 0) is 4.74 Å². The molecule has 0 saturated heterocycles. The Balaban J connectivity index is 3.30. The SMILES string of the molecule is COC(=O)c1ccc(OC(F)(F)F)c(F)c1C#N. The molecule has 1 aromatic carbocycles. The Labute approximate surface area is 98.3 Å². The monoisotopic (exact) mass is 263 g/mol. The number of nitriles is 1. The smallest absolute Gasteiger partial charge is 0.465 e. The van der Waals surface area contributed by atoms with Crippen molar-refractivity contribution in [2.45, 2.75) is 6.36 Å². The van der Waals surface area contributed by atoms with Gasteiger partial charge in [-0.25, -0.2) is 9.18 Å². The standard InChI is InChI=1S/C10H5F4NO3/c1-17-9(16)5-2-3-7(18-10(12,13)14)8(11)6(5)4-15/h2-3H,1H3. The minimum Gasteiger partial charge on any atom is -0.465 e. The van der Waals surface area contributed by atoms with Crippen molar-refractivity contribution in [3.8, 4) is 11.8 Å². The molecule has 0 unspecified atom stereocenters. The van der Waals surface area contributed by atoms with Crippen LogP contribution in [0, 0.1) is 17.1 Å². The first kappa shape index (κ1) is 13.8. The van der Waals surface area contributed by atoms with Gasteiger partial charge in [-0.15, -0.1) is 13.2 Å². The van der Waals surface area contributed by atoms with Gasteiger partial charge >= 0.3 is 12.3 Å². The second-order valence-corrected chi connectivity index (χ2v) is 2.95. The van der Waals surface area contributed by atoms with Crippen molar-refractivity contribution in [2.75, 3.05) is 7.11 Å². The number of halogens is 4. The van der Waals surface area contributed by atoms with Gasteiger partial charge in [-0.2, -0.15) is 5.26 Å². The summed E-state index contributed by atoms with van der Waals surface area (Å²) in [6.07, 6.45) is -5.10. The molecule has 0 aliphatic rings. The average molecular weight is 263 g/mol. The molecule has 0 heterocycles. The van der Waals surface area contributed by atoms with E-state index >= 15 is 0 Å². The summed E-state index contributed by atoms with van der Waals surface area (Å²) in [7, 11) is 0.988. The van der Waals surface area contributed by atoms with Crippen LogP contribution in [0.15, 0.2) is 12.1 Å². The third-order valence-electron chi connectivity index (χ3n) is 1.85. The summed E-state index contributed by atoms with van der Waals surface area (Å²) in [6.45, 7) is 0. The summed E-state index contributed by atoms with van der Waals surface area (Å²) < 4.78 is 56.9. The van der Waals surface area contributed by atoms with Crippen LogP contribution in [0.25, 0.3) is 0 Å². The van der Waals surface area contributed by atoms with Gasteiger partial charge in [0.2, 0.25) is 0 Å². The molecule has 0 fully saturated rings. The molecule has 0 amide bonds. The minimum atomic E-state index is -5.10. The second kappa shape index (κ2) is 4.91. The fourth-order valence-electron chi connectivity index (χ4n) is 1.15. The Morgan fingerprint density at radius 1 is 1.39 bits per heavy atom. The van der Waals surface area contributed by atoms with Gasteiger partial charge in [0.15, 0.2) is 11.6 Å². The number of hydrogen-bond acceptors (Lipinski definition) is 4. The van der Waals surface area contributed by atoms with Crippen LogP contribution < -0.4 is 4.74 Å². The summed E-state index contributed by atoms with van der Waals surface area (Å²) in [5, 5.41) is 8.63. The van der Waals surface area contributed by atoms with E-state index in [1.54, 1.807) is 0 Å². The third-order valence-corrected chi connectivity index (χ3v) is 1.85. The maximum Gasteiger partial charge on any atom is 0.573 e. The van der Waals surface area contributed by atoms with Gasteiger partial charge < -0.3 is 9.47 Å². The molecule has 0 radical (unpaired) electrons. The summed E-state index contributed by atoms with van der Waals surface area (Å²) in [5.41, 5.74) is -1.35. The van der Waals surface area contributed by atoms with E-state index < -0.39 is 35.0 Å². The van der Waals surface area contributed by atoms with Crippen molar-refractivity contribution in [3.05, 3.63) is 29.1 Å². The van der Waals surface area contributed by atoms with Crippen LogP contribution in [0.4, 0.5) is 17.6 Å². The molecule has 1 aromatic rings. The topological polar surface area (TPSA) is 59.3 Å². The summed E-state index contributed by atoms with van der Waals surface area (Å²) >= 11 is 0. The molecule has 4 nitrogen and oxygen atoms in total. The molecule has 0 aromatic heterocycles. The molecule has 0 aliphatic heterocycles. The number of rotatable bonds is 2. The number of benzene rings is 1. The molecule has 0 aliphatic carbocycles. The molecule has 0 bridgehead atoms. The van der Waals surface area contributed by atoms with Crippen molar-refractivity contribution < 1.29 is 31.8 Å². The van der Waals surface area contributed by atoms with E-state index in [9.17, 15) is 22.4 Å². The minimum absolute atomic E-state index is 0.480. The molecule has 1 rings (SSSR count). The number of methoxy groups -OCH3 is 1. The Kier molecular flexibility index (Phi) is 3.76. The molecular weight excluding hydrogens is 258 g/mol. The lowest BCUT2D eigenvalue weighted by atomic mass is 10.1. The largest absolute Gasteiger partial charge is 0.573 e. The highest BCUT2D eigenvalue weighted by atomic mass is 19.4. The Hall–Kier alpha value is -2.30. The molecule has 8 heteroatoms. The zero-order valence-corrected chi connectivity index (χ0v) is 8.84. The van der Waals surface area contributed by atoms with E-state index in [0.29, 0.717) is 6.07 Å². The summed E-state index contributed by atoms with van der Waals surface area (Å²) in [5.74, 6) is -3.80. The van der Waals surface area contributed by atoms with Crippen LogP contribution in [0.5, 0.6) is 5.75 Å². The van der Waals surface area contributed by atoms with Crippen molar-refractivity contribution in [2.24, 2.45) is 0 Å². The maximum atomic E-state index is 13.5. The lowest BCUT2D eigenvalue weighted by Gasteiger charge is -2.11. The zero-order chi connectivity index (χ0) is 13.9. The third kappa shape index (κ3) is 2.88. The highest BCUT2D eigenvalue weighted by molar-refractivity contribution is 5.92. The van der Waals surface area contributed by atoms with Crippen molar-refractivity contribution in [1.29, 1.82) is 5.26 Å². The summed E-state index contributed by atoms with van der Waals surface area (Å²) in [6, 6.07) is 2.69. The number of carbonyl (C=O) groups is 1. The van der Waals surface area contributed by atoms with Gasteiger partial charge in [0.1, 0.15) is 11.6 Å². The molecule has 96 valence electrons. The normalized spacial score (nSPS) is 10.7. The first-order chi connectivity index (χ1) is 8.30. The van der Waals surface area contributed by atoms with E-state index in [-0.39, 0.29) is 0 Å². The van der Waals surface area contributed by atoms with Gasteiger partial charge in [0, 0.05) is 0 Å². The van der Waals surface area contributed by atoms with E-state index in [4.69, 9.17) is 5.26 Å². The second-order valence-electron chi connectivity index (χ2n) is 2.95. The van der Waals surface area contributed by atoms with Crippen LogP contribution in [0.2, 0.25) is 0 Å². The van der Waals surface area contributed by atoms with Crippen LogP contribution in [0.1, 0.15) is 15.9 Å². The molecule has 0 atom stereocenters. The van der Waals surface area contributed by atoms with Crippen molar-refractivity contribution in [3.63, 3.8) is 0 Å². The van der Waals surface area contributed by atoms with Crippen molar-refractivity contribution in [1.82, 2.24) is 0 Å². The van der Waals surface area contributed by atoms with Gasteiger partial charge in [-0.1, -0.05) is 0 Å². The van der Waals surface area contributed by atoms with Gasteiger partial charge in [0.25, 0.3) is 0 Å². The Morgan fingerprint density at radius 3 is 2.44 bits per heavy atom. The molecule has 0 spiro atoms. The quantitative estimate of drug-likeness (QED) is 0.607.